The van der Waals surface area contributed by atoms with Crippen molar-refractivity contribution in [2.45, 2.75) is 32.9 Å². The Kier molecular flexibility index (Phi) is 5.24. The number of rotatable bonds is 6. The van der Waals surface area contributed by atoms with Crippen molar-refractivity contribution in [2.24, 2.45) is 11.8 Å². The van der Waals surface area contributed by atoms with Crippen molar-refractivity contribution in [1.82, 2.24) is 9.55 Å². The van der Waals surface area contributed by atoms with Crippen molar-refractivity contribution in [3.05, 3.63) is 59.9 Å². The van der Waals surface area contributed by atoms with Gasteiger partial charge in [-0.3, -0.25) is 9.36 Å². The molecule has 30 heavy (non-hydrogen) atoms. The Hall–Kier alpha value is -3.29. The zero-order chi connectivity index (χ0) is 21.4. The summed E-state index contributed by atoms with van der Waals surface area (Å²) in [5.41, 5.74) is 1.36. The highest BCUT2D eigenvalue weighted by Gasteiger charge is 2.39. The summed E-state index contributed by atoms with van der Waals surface area (Å²) in [6.07, 6.45) is -0.139. The zero-order valence-electron chi connectivity index (χ0n) is 16.5. The van der Waals surface area contributed by atoms with Crippen molar-refractivity contribution in [3.8, 4) is 0 Å². The van der Waals surface area contributed by atoms with E-state index in [1.54, 1.807) is 42.5 Å². The molecule has 0 aliphatic heterocycles. The molecule has 3 unspecified atom stereocenters. The molecule has 1 aromatic heterocycles. The SMILES string of the molecule is CC(OC(=O)c1cccc(NC(=O)C2CC2C)c1)c1nc2ccccc2n1C(F)F. The highest BCUT2D eigenvalue weighted by Crippen LogP contribution is 2.38. The number of anilines is 1. The number of carbonyl (C=O) groups excluding carboxylic acids is 2. The lowest BCUT2D eigenvalue weighted by Gasteiger charge is -2.15. The van der Waals surface area contributed by atoms with Crippen molar-refractivity contribution in [1.29, 1.82) is 0 Å². The number of halogens is 2. The van der Waals surface area contributed by atoms with E-state index in [2.05, 4.69) is 10.3 Å². The third-order valence-electron chi connectivity index (χ3n) is 5.28. The minimum atomic E-state index is -2.82. The van der Waals surface area contributed by atoms with Gasteiger partial charge < -0.3 is 10.1 Å². The predicted molar refractivity (Wildman–Crippen MR) is 107 cm³/mol. The topological polar surface area (TPSA) is 73.2 Å². The highest BCUT2D eigenvalue weighted by atomic mass is 19.3. The molecule has 156 valence electrons. The highest BCUT2D eigenvalue weighted by molar-refractivity contribution is 5.96. The first-order valence-corrected chi connectivity index (χ1v) is 9.72. The Bertz CT molecular complexity index is 1110. The van der Waals surface area contributed by atoms with Crippen LogP contribution < -0.4 is 5.32 Å². The van der Waals surface area contributed by atoms with Gasteiger partial charge in [0.25, 0.3) is 0 Å². The van der Waals surface area contributed by atoms with Crippen LogP contribution in [0.5, 0.6) is 0 Å². The van der Waals surface area contributed by atoms with Gasteiger partial charge in [-0.05, 0) is 49.6 Å². The lowest BCUT2D eigenvalue weighted by Crippen LogP contribution is -2.16. The van der Waals surface area contributed by atoms with Gasteiger partial charge in [-0.2, -0.15) is 8.78 Å². The smallest absolute Gasteiger partial charge is 0.338 e. The van der Waals surface area contributed by atoms with E-state index in [9.17, 15) is 18.4 Å². The lowest BCUT2D eigenvalue weighted by atomic mass is 10.2. The number of hydrogen-bond acceptors (Lipinski definition) is 4. The first-order chi connectivity index (χ1) is 14.3. The van der Waals surface area contributed by atoms with Crippen molar-refractivity contribution in [2.75, 3.05) is 5.32 Å². The van der Waals surface area contributed by atoms with Crippen LogP contribution in [0.4, 0.5) is 14.5 Å². The monoisotopic (exact) mass is 413 g/mol. The van der Waals surface area contributed by atoms with Gasteiger partial charge in [0.1, 0.15) is 0 Å². The Morgan fingerprint density at radius 3 is 2.63 bits per heavy atom. The molecule has 1 aliphatic rings. The average Bonchev–Trinajstić information content (AvgIpc) is 3.32. The quantitative estimate of drug-likeness (QED) is 0.581. The Balaban J connectivity index is 1.51. The fourth-order valence-electron chi connectivity index (χ4n) is 3.48. The van der Waals surface area contributed by atoms with Gasteiger partial charge in [-0.15, -0.1) is 0 Å². The molecule has 0 radical (unpaired) electrons. The number of ether oxygens (including phenoxy) is 1. The number of hydrogen-bond donors (Lipinski definition) is 1. The number of amides is 1. The third kappa shape index (κ3) is 3.90. The molecule has 1 heterocycles. The summed E-state index contributed by atoms with van der Waals surface area (Å²) in [4.78, 5) is 28.9. The van der Waals surface area contributed by atoms with Crippen LogP contribution in [0.15, 0.2) is 48.5 Å². The van der Waals surface area contributed by atoms with Crippen LogP contribution in [0.1, 0.15) is 49.1 Å². The second-order valence-corrected chi connectivity index (χ2v) is 7.54. The molecule has 0 saturated heterocycles. The number of fused-ring (bicyclic) bond motifs is 1. The number of para-hydroxylation sites is 2. The van der Waals surface area contributed by atoms with Crippen molar-refractivity contribution < 1.29 is 23.1 Å². The predicted octanol–water partition coefficient (Wildman–Crippen LogP) is 4.94. The van der Waals surface area contributed by atoms with E-state index >= 15 is 0 Å². The van der Waals surface area contributed by atoms with Gasteiger partial charge in [-0.25, -0.2) is 9.78 Å². The number of carbonyl (C=O) groups is 2. The molecule has 2 aromatic carbocycles. The minimum absolute atomic E-state index is 0.00275. The maximum absolute atomic E-state index is 13.6. The zero-order valence-corrected chi connectivity index (χ0v) is 16.5. The molecule has 3 atom stereocenters. The van der Waals surface area contributed by atoms with Crippen LogP contribution in [0.2, 0.25) is 0 Å². The van der Waals surface area contributed by atoms with Gasteiger partial charge in [-0.1, -0.05) is 25.1 Å². The van der Waals surface area contributed by atoms with E-state index < -0.39 is 18.6 Å². The summed E-state index contributed by atoms with van der Waals surface area (Å²) in [5, 5.41) is 2.79. The van der Waals surface area contributed by atoms with E-state index in [-0.39, 0.29) is 28.7 Å². The van der Waals surface area contributed by atoms with Crippen LogP contribution >= 0.6 is 0 Å². The largest absolute Gasteiger partial charge is 0.451 e. The molecule has 3 aromatic rings. The van der Waals surface area contributed by atoms with Gasteiger partial charge in [0.2, 0.25) is 5.91 Å². The molecule has 0 spiro atoms. The lowest BCUT2D eigenvalue weighted by molar-refractivity contribution is -0.117. The normalized spacial score (nSPS) is 19.0. The summed E-state index contributed by atoms with van der Waals surface area (Å²) in [6, 6.07) is 12.9. The van der Waals surface area contributed by atoms with Crippen LogP contribution in [0.25, 0.3) is 11.0 Å². The van der Waals surface area contributed by atoms with E-state index in [1.807, 2.05) is 6.92 Å². The molecule has 1 aliphatic carbocycles. The summed E-state index contributed by atoms with van der Waals surface area (Å²) in [5.74, 6) is -0.430. The second kappa shape index (κ2) is 7.85. The van der Waals surface area contributed by atoms with Crippen LogP contribution in [-0.4, -0.2) is 21.4 Å². The molecule has 1 fully saturated rings. The van der Waals surface area contributed by atoms with Crippen LogP contribution in [-0.2, 0) is 9.53 Å². The summed E-state index contributed by atoms with van der Waals surface area (Å²) in [7, 11) is 0. The average molecular weight is 413 g/mol. The summed E-state index contributed by atoms with van der Waals surface area (Å²) >= 11 is 0. The molecule has 4 rings (SSSR count). The maximum atomic E-state index is 13.6. The number of nitrogens with one attached hydrogen (secondary N) is 1. The summed E-state index contributed by atoms with van der Waals surface area (Å²) < 4.78 is 33.4. The molecular weight excluding hydrogens is 392 g/mol. The van der Waals surface area contributed by atoms with Crippen molar-refractivity contribution >= 4 is 28.6 Å². The van der Waals surface area contributed by atoms with Crippen molar-refractivity contribution in [3.63, 3.8) is 0 Å². The number of alkyl halides is 2. The Labute approximate surface area is 171 Å². The fourth-order valence-corrected chi connectivity index (χ4v) is 3.48. The molecule has 8 heteroatoms. The number of aromatic nitrogens is 2. The number of imidazole rings is 1. The van der Waals surface area contributed by atoms with Crippen LogP contribution in [0, 0.1) is 11.8 Å². The van der Waals surface area contributed by atoms with Gasteiger partial charge >= 0.3 is 12.5 Å². The minimum Gasteiger partial charge on any atom is -0.451 e. The molecule has 1 saturated carbocycles. The Morgan fingerprint density at radius 2 is 1.93 bits per heavy atom. The molecular formula is C22H21F2N3O3. The van der Waals surface area contributed by atoms with E-state index in [1.165, 1.54) is 13.0 Å². The van der Waals surface area contributed by atoms with Gasteiger partial charge in [0.15, 0.2) is 11.9 Å². The molecule has 0 bridgehead atoms. The van der Waals surface area contributed by atoms with E-state index in [0.29, 0.717) is 17.1 Å². The van der Waals surface area contributed by atoms with E-state index in [0.717, 1.165) is 11.0 Å². The number of nitrogens with zero attached hydrogens (tertiary/aromatic N) is 2. The standard InChI is InChI=1S/C22H21F2N3O3/c1-12-10-16(12)20(28)25-15-7-5-6-14(11-15)21(29)30-13(2)19-26-17-8-3-4-9-18(17)27(19)22(23)24/h3-9,11-13,16,22H,10H2,1-2H3,(H,25,28). The molecule has 1 amide bonds. The van der Waals surface area contributed by atoms with Crippen LogP contribution in [0.3, 0.4) is 0 Å². The first-order valence-electron chi connectivity index (χ1n) is 9.72. The Morgan fingerprint density at radius 1 is 1.20 bits per heavy atom. The van der Waals surface area contributed by atoms with Gasteiger partial charge in [0.05, 0.1) is 16.6 Å². The second-order valence-electron chi connectivity index (χ2n) is 7.54. The number of benzene rings is 2. The first kappa shape index (κ1) is 20.0. The molecule has 1 N–H and O–H groups in total. The third-order valence-corrected chi connectivity index (χ3v) is 5.28. The van der Waals surface area contributed by atoms with Gasteiger partial charge in [0, 0.05) is 11.6 Å². The number of esters is 1. The molecule has 6 nitrogen and oxygen atoms in total. The van der Waals surface area contributed by atoms with E-state index in [4.69, 9.17) is 4.74 Å². The summed E-state index contributed by atoms with van der Waals surface area (Å²) in [6.45, 7) is 0.682. The maximum Gasteiger partial charge on any atom is 0.338 e. The fraction of sp³-hybridized carbons (Fsp3) is 0.318.